The molecule has 0 saturated heterocycles. The first-order valence-corrected chi connectivity index (χ1v) is 7.73. The van der Waals surface area contributed by atoms with Crippen molar-refractivity contribution in [2.75, 3.05) is 19.5 Å². The molecule has 0 spiro atoms. The second-order valence-electron chi connectivity index (χ2n) is 5.46. The molecule has 0 atom stereocenters. The van der Waals surface area contributed by atoms with Crippen LogP contribution in [0.25, 0.3) is 16.9 Å². The summed E-state index contributed by atoms with van der Waals surface area (Å²) in [5, 5.41) is 7.87. The van der Waals surface area contributed by atoms with E-state index in [1.165, 1.54) is 7.11 Å². The van der Waals surface area contributed by atoms with Crippen molar-refractivity contribution < 1.29 is 9.53 Å². The van der Waals surface area contributed by atoms with Crippen LogP contribution in [0.15, 0.2) is 42.6 Å². The van der Waals surface area contributed by atoms with E-state index in [0.717, 1.165) is 17.1 Å². The van der Waals surface area contributed by atoms with Gasteiger partial charge >= 0.3 is 0 Å². The van der Waals surface area contributed by atoms with Crippen molar-refractivity contribution in [1.82, 2.24) is 14.8 Å². The van der Waals surface area contributed by atoms with E-state index in [9.17, 15) is 4.79 Å². The number of ether oxygens (including phenoxy) is 1. The normalized spacial score (nSPS) is 10.5. The summed E-state index contributed by atoms with van der Waals surface area (Å²) in [6, 6.07) is 11.4. The van der Waals surface area contributed by atoms with Crippen molar-refractivity contribution in [3.8, 4) is 22.8 Å². The number of aromatic nitrogens is 3. The molecule has 3 N–H and O–H groups in total. The SMILES string of the molecule is CNc1c(C)c(-c2cnc(OC)c(C(N)=O)c2)nn1-c1ccccc1. The molecule has 0 aliphatic heterocycles. The van der Waals surface area contributed by atoms with Crippen LogP contribution in [0.5, 0.6) is 5.88 Å². The van der Waals surface area contributed by atoms with Crippen LogP contribution in [-0.4, -0.2) is 34.8 Å². The maximum Gasteiger partial charge on any atom is 0.254 e. The number of hydrogen-bond acceptors (Lipinski definition) is 5. The van der Waals surface area contributed by atoms with Gasteiger partial charge in [0, 0.05) is 24.4 Å². The minimum atomic E-state index is -0.597. The number of carbonyl (C=O) groups excluding carboxylic acids is 1. The minimum Gasteiger partial charge on any atom is -0.480 e. The number of primary amides is 1. The topological polar surface area (TPSA) is 95.1 Å². The molecule has 7 heteroatoms. The maximum atomic E-state index is 11.7. The van der Waals surface area contributed by atoms with E-state index in [2.05, 4.69) is 10.3 Å². The van der Waals surface area contributed by atoms with Gasteiger partial charge in [-0.2, -0.15) is 5.10 Å². The van der Waals surface area contributed by atoms with Crippen LogP contribution in [0.1, 0.15) is 15.9 Å². The number of methoxy groups -OCH3 is 1. The van der Waals surface area contributed by atoms with Crippen molar-refractivity contribution in [1.29, 1.82) is 0 Å². The van der Waals surface area contributed by atoms with Crippen molar-refractivity contribution in [2.45, 2.75) is 6.92 Å². The lowest BCUT2D eigenvalue weighted by Crippen LogP contribution is -2.13. The molecule has 3 rings (SSSR count). The lowest BCUT2D eigenvalue weighted by Gasteiger charge is -2.06. The van der Waals surface area contributed by atoms with Gasteiger partial charge in [0.1, 0.15) is 11.4 Å². The van der Waals surface area contributed by atoms with Crippen LogP contribution >= 0.6 is 0 Å². The van der Waals surface area contributed by atoms with Crippen LogP contribution in [-0.2, 0) is 0 Å². The zero-order chi connectivity index (χ0) is 18.0. The number of anilines is 1. The van der Waals surface area contributed by atoms with E-state index in [1.807, 2.05) is 49.0 Å². The van der Waals surface area contributed by atoms with Crippen molar-refractivity contribution in [3.63, 3.8) is 0 Å². The summed E-state index contributed by atoms with van der Waals surface area (Å²) in [4.78, 5) is 15.8. The fraction of sp³-hybridized carbons (Fsp3) is 0.167. The van der Waals surface area contributed by atoms with Crippen LogP contribution in [0.3, 0.4) is 0 Å². The largest absolute Gasteiger partial charge is 0.480 e. The number of para-hydroxylation sites is 1. The second kappa shape index (κ2) is 6.64. The Balaban J connectivity index is 2.17. The third-order valence-electron chi connectivity index (χ3n) is 3.94. The fourth-order valence-corrected chi connectivity index (χ4v) is 2.74. The first kappa shape index (κ1) is 16.5. The number of pyridine rings is 1. The highest BCUT2D eigenvalue weighted by molar-refractivity contribution is 5.96. The number of rotatable bonds is 5. The van der Waals surface area contributed by atoms with E-state index in [-0.39, 0.29) is 11.4 Å². The van der Waals surface area contributed by atoms with Gasteiger partial charge < -0.3 is 15.8 Å². The summed E-state index contributed by atoms with van der Waals surface area (Å²) in [7, 11) is 3.29. The Morgan fingerprint density at radius 1 is 1.28 bits per heavy atom. The zero-order valence-corrected chi connectivity index (χ0v) is 14.3. The van der Waals surface area contributed by atoms with Crippen LogP contribution in [0, 0.1) is 6.92 Å². The Bertz CT molecular complexity index is 919. The third kappa shape index (κ3) is 2.91. The number of carbonyl (C=O) groups is 1. The molecule has 7 nitrogen and oxygen atoms in total. The molecule has 0 bridgehead atoms. The predicted molar refractivity (Wildman–Crippen MR) is 96.1 cm³/mol. The highest BCUT2D eigenvalue weighted by Crippen LogP contribution is 2.31. The summed E-state index contributed by atoms with van der Waals surface area (Å²) in [6.45, 7) is 1.96. The highest BCUT2D eigenvalue weighted by atomic mass is 16.5. The van der Waals surface area contributed by atoms with Crippen LogP contribution in [0.4, 0.5) is 5.82 Å². The van der Waals surface area contributed by atoms with Gasteiger partial charge in [-0.1, -0.05) is 18.2 Å². The average Bonchev–Trinajstić information content (AvgIpc) is 2.98. The molecule has 2 heterocycles. The molecule has 0 unspecified atom stereocenters. The van der Waals surface area contributed by atoms with Gasteiger partial charge in [-0.3, -0.25) is 4.79 Å². The van der Waals surface area contributed by atoms with Gasteiger partial charge in [-0.15, -0.1) is 0 Å². The quantitative estimate of drug-likeness (QED) is 0.745. The lowest BCUT2D eigenvalue weighted by atomic mass is 10.1. The number of nitrogens with one attached hydrogen (secondary N) is 1. The number of benzene rings is 1. The Morgan fingerprint density at radius 2 is 2.00 bits per heavy atom. The molecule has 0 saturated carbocycles. The van der Waals surface area contributed by atoms with Gasteiger partial charge in [0.2, 0.25) is 5.88 Å². The fourth-order valence-electron chi connectivity index (χ4n) is 2.74. The maximum absolute atomic E-state index is 11.7. The van der Waals surface area contributed by atoms with E-state index >= 15 is 0 Å². The molecule has 128 valence electrons. The smallest absolute Gasteiger partial charge is 0.254 e. The van der Waals surface area contributed by atoms with Gasteiger partial charge in [0.25, 0.3) is 5.91 Å². The standard InChI is InChI=1S/C18H19N5O2/c1-11-15(12-9-14(16(19)24)18(25-3)21-10-12)22-23(17(11)20-2)13-7-5-4-6-8-13/h4-10,20H,1-3H3,(H2,19,24). The van der Waals surface area contributed by atoms with E-state index in [4.69, 9.17) is 15.6 Å². The zero-order valence-electron chi connectivity index (χ0n) is 14.3. The first-order valence-electron chi connectivity index (χ1n) is 7.73. The Hall–Kier alpha value is -3.35. The molecule has 25 heavy (non-hydrogen) atoms. The van der Waals surface area contributed by atoms with Gasteiger partial charge in [0.15, 0.2) is 0 Å². The minimum absolute atomic E-state index is 0.199. The molecule has 1 amide bonds. The molecule has 0 aliphatic rings. The van der Waals surface area contributed by atoms with Crippen molar-refractivity contribution in [3.05, 3.63) is 53.7 Å². The second-order valence-corrected chi connectivity index (χ2v) is 5.46. The average molecular weight is 337 g/mol. The Labute approximate surface area is 145 Å². The molecule has 2 aromatic heterocycles. The Morgan fingerprint density at radius 3 is 2.60 bits per heavy atom. The molecule has 3 aromatic rings. The molecular formula is C18H19N5O2. The third-order valence-corrected chi connectivity index (χ3v) is 3.94. The summed E-state index contributed by atoms with van der Waals surface area (Å²) < 4.78 is 6.92. The molecule has 0 aliphatic carbocycles. The summed E-state index contributed by atoms with van der Waals surface area (Å²) in [5.74, 6) is 0.461. The number of amides is 1. The van der Waals surface area contributed by atoms with Crippen molar-refractivity contribution in [2.24, 2.45) is 5.73 Å². The summed E-state index contributed by atoms with van der Waals surface area (Å²) >= 11 is 0. The van der Waals surface area contributed by atoms with Crippen LogP contribution in [0.2, 0.25) is 0 Å². The molecule has 0 radical (unpaired) electrons. The first-order chi connectivity index (χ1) is 12.1. The summed E-state index contributed by atoms with van der Waals surface area (Å²) in [5.41, 5.74) is 8.93. The van der Waals surface area contributed by atoms with Crippen molar-refractivity contribution >= 4 is 11.7 Å². The number of nitrogens with zero attached hydrogens (tertiary/aromatic N) is 3. The highest BCUT2D eigenvalue weighted by Gasteiger charge is 2.19. The van der Waals surface area contributed by atoms with Gasteiger partial charge in [-0.25, -0.2) is 9.67 Å². The lowest BCUT2D eigenvalue weighted by molar-refractivity contribution is 0.0996. The predicted octanol–water partition coefficient (Wildman–Crippen LogP) is 2.39. The van der Waals surface area contributed by atoms with E-state index in [1.54, 1.807) is 12.3 Å². The van der Waals surface area contributed by atoms with Crippen LogP contribution < -0.4 is 15.8 Å². The van der Waals surface area contributed by atoms with Gasteiger partial charge in [0.05, 0.1) is 18.5 Å². The molecule has 0 fully saturated rings. The molecule has 1 aromatic carbocycles. The molecular weight excluding hydrogens is 318 g/mol. The van der Waals surface area contributed by atoms with E-state index < -0.39 is 5.91 Å². The van der Waals surface area contributed by atoms with Gasteiger partial charge in [-0.05, 0) is 25.1 Å². The Kier molecular flexibility index (Phi) is 4.38. The summed E-state index contributed by atoms with van der Waals surface area (Å²) in [6.07, 6.45) is 1.62. The van der Waals surface area contributed by atoms with E-state index in [0.29, 0.717) is 11.3 Å². The number of hydrogen-bond donors (Lipinski definition) is 2. The number of nitrogens with two attached hydrogens (primary N) is 1. The monoisotopic (exact) mass is 337 g/mol.